The molecule has 13 heteroatoms. The third-order valence-electron chi connectivity index (χ3n) is 5.35. The number of rotatable bonds is 7. The lowest BCUT2D eigenvalue weighted by atomic mass is 10.0. The summed E-state index contributed by atoms with van der Waals surface area (Å²) in [5.41, 5.74) is -1.26. The van der Waals surface area contributed by atoms with E-state index in [9.17, 15) is 22.8 Å². The van der Waals surface area contributed by atoms with Crippen LogP contribution in [0.15, 0.2) is 35.1 Å². The van der Waals surface area contributed by atoms with Crippen LogP contribution in [-0.2, 0) is 13.5 Å². The van der Waals surface area contributed by atoms with E-state index in [1.165, 1.54) is 0 Å². The molecule has 0 amide bonds. The van der Waals surface area contributed by atoms with E-state index < -0.39 is 58.4 Å². The minimum absolute atomic E-state index is 0.350. The molecule has 2 atom stereocenters. The number of carboxylic acid groups (broad SMARTS) is 1. The van der Waals surface area contributed by atoms with Gasteiger partial charge in [-0.3, -0.25) is 4.57 Å². The van der Waals surface area contributed by atoms with Crippen LogP contribution in [0.5, 0.6) is 5.75 Å². The molecule has 0 saturated heterocycles. The van der Waals surface area contributed by atoms with Gasteiger partial charge in [-0.05, 0) is 41.9 Å². The lowest BCUT2D eigenvalue weighted by Gasteiger charge is -2.20. The van der Waals surface area contributed by atoms with Gasteiger partial charge < -0.3 is 9.84 Å². The molecule has 1 N–H and O–H groups in total. The molecular weight excluding hydrogens is 508 g/mol. The van der Waals surface area contributed by atoms with Gasteiger partial charge in [-0.25, -0.2) is 18.4 Å². The molecule has 7 nitrogen and oxygen atoms in total. The first-order valence-corrected chi connectivity index (χ1v) is 11.1. The van der Waals surface area contributed by atoms with Crippen molar-refractivity contribution >= 4 is 32.4 Å². The van der Waals surface area contributed by atoms with Gasteiger partial charge >= 0.3 is 17.8 Å². The summed E-state index contributed by atoms with van der Waals surface area (Å²) in [5.74, 6) is -5.39. The van der Waals surface area contributed by atoms with E-state index in [-0.39, 0.29) is 0 Å². The van der Waals surface area contributed by atoms with Crippen molar-refractivity contribution in [3.05, 3.63) is 69.1 Å². The molecule has 0 fully saturated rings. The van der Waals surface area contributed by atoms with E-state index in [1.807, 2.05) is 6.92 Å². The van der Waals surface area contributed by atoms with Crippen LogP contribution in [0.3, 0.4) is 0 Å². The fraction of sp³-hybridized carbons (Fsp3) is 0.261. The second-order valence-electron chi connectivity index (χ2n) is 7.75. The highest BCUT2D eigenvalue weighted by Crippen LogP contribution is 2.35. The van der Waals surface area contributed by atoms with Gasteiger partial charge in [0.2, 0.25) is 5.82 Å². The van der Waals surface area contributed by atoms with E-state index in [2.05, 4.69) is 14.3 Å². The van der Waals surface area contributed by atoms with Crippen molar-refractivity contribution in [2.75, 3.05) is 0 Å². The molecule has 0 saturated carbocycles. The van der Waals surface area contributed by atoms with Crippen molar-refractivity contribution in [3.63, 3.8) is 0 Å². The van der Waals surface area contributed by atoms with Gasteiger partial charge in [0, 0.05) is 13.1 Å². The summed E-state index contributed by atoms with van der Waals surface area (Å²) < 4.78 is 76.2. The molecule has 192 valence electrons. The summed E-state index contributed by atoms with van der Waals surface area (Å²) in [4.78, 5) is 23.7. The SMILES string of the molecule is CCc1cccc(P)c1/C=C(\F)c1cc(F)c(-n2nc(C(=O)O)n(C)c2=O)cc1O[C@@H](C)C(F)(F)F. The fourth-order valence-corrected chi connectivity index (χ4v) is 3.73. The van der Waals surface area contributed by atoms with Crippen molar-refractivity contribution in [1.82, 2.24) is 14.3 Å². The molecule has 0 aliphatic carbocycles. The van der Waals surface area contributed by atoms with Gasteiger partial charge in [-0.1, -0.05) is 25.1 Å². The lowest BCUT2D eigenvalue weighted by molar-refractivity contribution is -0.189. The summed E-state index contributed by atoms with van der Waals surface area (Å²) in [6.07, 6.45) is -5.68. The molecule has 36 heavy (non-hydrogen) atoms. The van der Waals surface area contributed by atoms with Crippen LogP contribution < -0.4 is 15.7 Å². The highest BCUT2D eigenvalue weighted by molar-refractivity contribution is 7.27. The molecule has 0 aliphatic rings. The van der Waals surface area contributed by atoms with Gasteiger partial charge in [0.15, 0.2) is 6.10 Å². The zero-order valence-electron chi connectivity index (χ0n) is 19.2. The average molecular weight is 529 g/mol. The maximum atomic E-state index is 15.5. The largest absolute Gasteiger partial charge is 0.480 e. The Labute approximate surface area is 204 Å². The Morgan fingerprint density at radius 3 is 2.53 bits per heavy atom. The molecular formula is C23H21F5N3O4P. The number of alkyl halides is 3. The minimum Gasteiger partial charge on any atom is -0.480 e. The number of ether oxygens (including phenoxy) is 1. The summed E-state index contributed by atoms with van der Waals surface area (Å²) >= 11 is 0. The quantitative estimate of drug-likeness (QED) is 0.281. The van der Waals surface area contributed by atoms with Crippen molar-refractivity contribution < 1.29 is 36.6 Å². The van der Waals surface area contributed by atoms with E-state index in [1.54, 1.807) is 18.2 Å². The molecule has 0 bridgehead atoms. The summed E-state index contributed by atoms with van der Waals surface area (Å²) in [6.45, 7) is 2.51. The number of aryl methyl sites for hydroxylation is 1. The van der Waals surface area contributed by atoms with Crippen molar-refractivity contribution in [2.45, 2.75) is 32.5 Å². The molecule has 3 rings (SSSR count). The molecule has 1 aromatic heterocycles. The monoisotopic (exact) mass is 529 g/mol. The Kier molecular flexibility index (Phi) is 7.68. The maximum Gasteiger partial charge on any atom is 0.425 e. The third-order valence-corrected chi connectivity index (χ3v) is 5.86. The molecule has 3 aromatic rings. The second-order valence-corrected chi connectivity index (χ2v) is 8.37. The van der Waals surface area contributed by atoms with E-state index in [0.717, 1.165) is 18.7 Å². The van der Waals surface area contributed by atoms with Crippen molar-refractivity contribution in [3.8, 4) is 11.4 Å². The fourth-order valence-electron chi connectivity index (χ4n) is 3.35. The Hall–Kier alpha value is -3.53. The van der Waals surface area contributed by atoms with Crippen molar-refractivity contribution in [1.29, 1.82) is 0 Å². The van der Waals surface area contributed by atoms with E-state index in [4.69, 9.17) is 9.84 Å². The average Bonchev–Trinajstić information content (AvgIpc) is 3.09. The number of benzene rings is 2. The highest BCUT2D eigenvalue weighted by atomic mass is 31.0. The minimum atomic E-state index is -4.84. The Bertz CT molecular complexity index is 1410. The van der Waals surface area contributed by atoms with E-state index >= 15 is 8.78 Å². The van der Waals surface area contributed by atoms with Crippen LogP contribution in [0.1, 0.15) is 41.2 Å². The first-order chi connectivity index (χ1) is 16.8. The second kappa shape index (κ2) is 10.2. The summed E-state index contributed by atoms with van der Waals surface area (Å²) in [7, 11) is 3.49. The number of aromatic carboxylic acids is 1. The Morgan fingerprint density at radius 2 is 1.97 bits per heavy atom. The van der Waals surface area contributed by atoms with Gasteiger partial charge in [0.25, 0.3) is 0 Å². The Morgan fingerprint density at radius 1 is 1.31 bits per heavy atom. The number of hydrogen-bond acceptors (Lipinski definition) is 4. The summed E-state index contributed by atoms with van der Waals surface area (Å²) in [5, 5.41) is 13.3. The molecule has 0 spiro atoms. The standard InChI is InChI=1S/C23H21F5N3O4P/c1-4-12-6-5-7-19(36)13(12)8-15(24)14-9-16(25)17(10-18(14)35-11(2)23(26,27)28)31-22(34)30(3)20(29-31)21(32)33/h5-11H,4,36H2,1-3H3,(H,32,33)/b15-8-/t11-/m0/s1. The normalized spacial score (nSPS) is 13.1. The third kappa shape index (κ3) is 5.33. The zero-order valence-corrected chi connectivity index (χ0v) is 20.4. The van der Waals surface area contributed by atoms with E-state index in [0.29, 0.717) is 45.6 Å². The van der Waals surface area contributed by atoms with Gasteiger partial charge in [-0.2, -0.15) is 17.9 Å². The highest BCUT2D eigenvalue weighted by Gasteiger charge is 2.39. The number of carboxylic acids is 1. The predicted octanol–water partition coefficient (Wildman–Crippen LogP) is 4.27. The van der Waals surface area contributed by atoms with Gasteiger partial charge in [-0.15, -0.1) is 14.3 Å². The van der Waals surface area contributed by atoms with Gasteiger partial charge in [0.1, 0.15) is 23.1 Å². The smallest absolute Gasteiger partial charge is 0.425 e. The number of aromatic nitrogens is 3. The van der Waals surface area contributed by atoms with Crippen LogP contribution in [-0.4, -0.2) is 37.7 Å². The molecule has 1 unspecified atom stereocenters. The molecule has 2 aromatic carbocycles. The number of carbonyl (C=O) groups is 1. The van der Waals surface area contributed by atoms with Crippen LogP contribution in [0.4, 0.5) is 22.0 Å². The molecule has 1 heterocycles. The molecule has 0 radical (unpaired) electrons. The number of nitrogens with zero attached hydrogens (tertiary/aromatic N) is 3. The van der Waals surface area contributed by atoms with Crippen LogP contribution in [0.25, 0.3) is 17.6 Å². The maximum absolute atomic E-state index is 15.5. The van der Waals surface area contributed by atoms with Crippen LogP contribution in [0.2, 0.25) is 0 Å². The molecule has 0 aliphatic heterocycles. The topological polar surface area (TPSA) is 86.4 Å². The van der Waals surface area contributed by atoms with Crippen LogP contribution >= 0.6 is 9.24 Å². The summed E-state index contributed by atoms with van der Waals surface area (Å²) in [6, 6.07) is 6.42. The first-order valence-electron chi connectivity index (χ1n) is 10.5. The zero-order chi connectivity index (χ0) is 26.9. The predicted molar refractivity (Wildman–Crippen MR) is 126 cm³/mol. The lowest BCUT2D eigenvalue weighted by Crippen LogP contribution is -2.31. The first kappa shape index (κ1) is 27.1. The van der Waals surface area contributed by atoms with Gasteiger partial charge in [0.05, 0.1) is 5.56 Å². The Balaban J connectivity index is 2.25. The van der Waals surface area contributed by atoms with Crippen LogP contribution in [0, 0.1) is 5.82 Å². The number of hydrogen-bond donors (Lipinski definition) is 1. The number of halogens is 5. The van der Waals surface area contributed by atoms with Crippen molar-refractivity contribution in [2.24, 2.45) is 7.05 Å².